The Morgan fingerprint density at radius 1 is 1.10 bits per heavy atom. The van der Waals surface area contributed by atoms with E-state index >= 15 is 0 Å². The number of tetrazole rings is 1. The van der Waals surface area contributed by atoms with Crippen LogP contribution in [0.4, 0.5) is 5.69 Å². The number of nitrogens with one attached hydrogen (secondary N) is 1. The molecule has 2 heterocycles. The summed E-state index contributed by atoms with van der Waals surface area (Å²) in [5, 5.41) is 15.1. The highest BCUT2D eigenvalue weighted by molar-refractivity contribution is 6.24. The van der Waals surface area contributed by atoms with E-state index in [1.807, 2.05) is 54.6 Å². The van der Waals surface area contributed by atoms with E-state index in [0.717, 1.165) is 23.2 Å². The fourth-order valence-corrected chi connectivity index (χ4v) is 3.29. The summed E-state index contributed by atoms with van der Waals surface area (Å²) in [6.45, 7) is 4.26. The number of nitrogens with zero attached hydrogens (tertiary/aromatic N) is 4. The quantitative estimate of drug-likeness (QED) is 0.427. The second kappa shape index (κ2) is 9.21. The third-order valence-electron chi connectivity index (χ3n) is 5.14. The maximum atomic E-state index is 13.4. The van der Waals surface area contributed by atoms with Crippen LogP contribution in [-0.2, 0) is 4.79 Å². The zero-order valence-electron chi connectivity index (χ0n) is 17.4. The minimum absolute atomic E-state index is 0.248. The van der Waals surface area contributed by atoms with Gasteiger partial charge in [0, 0.05) is 17.3 Å². The summed E-state index contributed by atoms with van der Waals surface area (Å²) in [7, 11) is 0. The van der Waals surface area contributed by atoms with Crippen molar-refractivity contribution in [2.45, 2.75) is 26.2 Å². The van der Waals surface area contributed by atoms with Gasteiger partial charge in [-0.15, -0.1) is 5.10 Å². The fraction of sp³-hybridized carbons (Fsp3) is 0.167. The molecule has 0 unspecified atom stereocenters. The van der Waals surface area contributed by atoms with Gasteiger partial charge in [0.05, 0.1) is 6.26 Å². The molecule has 156 valence electrons. The lowest BCUT2D eigenvalue weighted by molar-refractivity contribution is -0.111. The van der Waals surface area contributed by atoms with Crippen molar-refractivity contribution in [3.8, 4) is 11.4 Å². The first kappa shape index (κ1) is 20.3. The van der Waals surface area contributed by atoms with Crippen LogP contribution in [0.1, 0.15) is 37.5 Å². The van der Waals surface area contributed by atoms with Crippen molar-refractivity contribution in [1.29, 1.82) is 0 Å². The number of carbonyl (C=O) groups excluding carboxylic acids is 1. The Morgan fingerprint density at radius 2 is 1.87 bits per heavy atom. The van der Waals surface area contributed by atoms with Crippen molar-refractivity contribution in [1.82, 2.24) is 20.2 Å². The summed E-state index contributed by atoms with van der Waals surface area (Å²) in [6.07, 6.45) is 4.15. The Bertz CT molecular complexity index is 1180. The lowest BCUT2D eigenvalue weighted by Crippen LogP contribution is -2.20. The first-order valence-electron chi connectivity index (χ1n) is 10.2. The largest absolute Gasteiger partial charge is 0.465 e. The summed E-state index contributed by atoms with van der Waals surface area (Å²) < 4.78 is 6.88. The number of furan rings is 1. The molecule has 1 atom stereocenters. The Hall–Kier alpha value is -4.00. The monoisotopic (exact) mass is 413 g/mol. The molecule has 4 rings (SSSR count). The molecule has 4 aromatic rings. The molecule has 0 aliphatic heterocycles. The van der Waals surface area contributed by atoms with Gasteiger partial charge in [0.1, 0.15) is 11.5 Å². The predicted octanol–water partition coefficient (Wildman–Crippen LogP) is 5.08. The molecule has 1 amide bonds. The number of carbonyl (C=O) groups is 1. The molecular formula is C24H23N5O2. The number of para-hydroxylation sites is 1. The average molecular weight is 413 g/mol. The van der Waals surface area contributed by atoms with Crippen LogP contribution < -0.4 is 5.32 Å². The van der Waals surface area contributed by atoms with Crippen LogP contribution >= 0.6 is 0 Å². The normalized spacial score (nSPS) is 12.5. The van der Waals surface area contributed by atoms with Crippen molar-refractivity contribution >= 4 is 23.4 Å². The molecule has 31 heavy (non-hydrogen) atoms. The summed E-state index contributed by atoms with van der Waals surface area (Å²) in [6, 6.07) is 20.8. The number of hydrogen-bond donors (Lipinski definition) is 1. The van der Waals surface area contributed by atoms with Gasteiger partial charge in [-0.25, -0.2) is 0 Å². The van der Waals surface area contributed by atoms with Gasteiger partial charge in [0.2, 0.25) is 0 Å². The van der Waals surface area contributed by atoms with Crippen LogP contribution in [0, 0.1) is 0 Å². The molecule has 0 aliphatic rings. The van der Waals surface area contributed by atoms with Crippen LogP contribution in [0.15, 0.2) is 77.4 Å². The lowest BCUT2D eigenvalue weighted by Gasteiger charge is -2.16. The van der Waals surface area contributed by atoms with Crippen molar-refractivity contribution in [3.63, 3.8) is 0 Å². The van der Waals surface area contributed by atoms with E-state index in [-0.39, 0.29) is 11.6 Å². The van der Waals surface area contributed by atoms with Crippen LogP contribution in [0.2, 0.25) is 0 Å². The lowest BCUT2D eigenvalue weighted by atomic mass is 9.97. The fourth-order valence-electron chi connectivity index (χ4n) is 3.29. The summed E-state index contributed by atoms with van der Waals surface area (Å²) >= 11 is 0. The second-order valence-corrected chi connectivity index (χ2v) is 7.18. The van der Waals surface area contributed by atoms with Gasteiger partial charge >= 0.3 is 0 Å². The van der Waals surface area contributed by atoms with Crippen molar-refractivity contribution in [3.05, 3.63) is 84.3 Å². The van der Waals surface area contributed by atoms with Gasteiger partial charge in [0.15, 0.2) is 5.82 Å². The molecular weight excluding hydrogens is 390 g/mol. The molecule has 7 nitrogen and oxygen atoms in total. The first-order chi connectivity index (χ1) is 15.2. The number of amides is 1. The number of benzene rings is 2. The predicted molar refractivity (Wildman–Crippen MR) is 120 cm³/mol. The standard InChI is InChI=1S/C24H23N5O2/c1-3-17(2)20-13-7-8-14-21(20)25-24(30)22(16-19-12-9-15-31-19)29-23(26-27-28-29)18-10-5-4-6-11-18/h4-17H,3H2,1-2H3,(H,25,30)/b22-16-/t17-/m1/s1. The van der Waals surface area contributed by atoms with E-state index in [2.05, 4.69) is 34.7 Å². The topological polar surface area (TPSA) is 85.8 Å². The van der Waals surface area contributed by atoms with Crippen molar-refractivity contribution in [2.24, 2.45) is 0 Å². The van der Waals surface area contributed by atoms with E-state index in [0.29, 0.717) is 17.5 Å². The zero-order chi connectivity index (χ0) is 21.6. The van der Waals surface area contributed by atoms with Crippen LogP contribution in [-0.4, -0.2) is 26.1 Å². The molecule has 1 N–H and O–H groups in total. The van der Waals surface area contributed by atoms with Crippen molar-refractivity contribution < 1.29 is 9.21 Å². The number of rotatable bonds is 7. The Morgan fingerprint density at radius 3 is 2.61 bits per heavy atom. The zero-order valence-corrected chi connectivity index (χ0v) is 17.4. The van der Waals surface area contributed by atoms with Gasteiger partial charge in [-0.2, -0.15) is 4.68 Å². The van der Waals surface area contributed by atoms with Gasteiger partial charge in [-0.1, -0.05) is 62.4 Å². The Balaban J connectivity index is 1.75. The van der Waals surface area contributed by atoms with Crippen LogP contribution in [0.25, 0.3) is 23.2 Å². The molecule has 0 saturated carbocycles. The van der Waals surface area contributed by atoms with Crippen LogP contribution in [0.5, 0.6) is 0 Å². The highest BCUT2D eigenvalue weighted by Crippen LogP contribution is 2.28. The SMILES string of the molecule is CC[C@@H](C)c1ccccc1NC(=O)/C(=C/c1ccco1)n1nnnc1-c1ccccc1. The highest BCUT2D eigenvalue weighted by atomic mass is 16.3. The number of hydrogen-bond acceptors (Lipinski definition) is 5. The Kier molecular flexibility index (Phi) is 6.03. The third kappa shape index (κ3) is 4.45. The minimum Gasteiger partial charge on any atom is -0.465 e. The molecule has 0 spiro atoms. The molecule has 0 bridgehead atoms. The number of aromatic nitrogens is 4. The smallest absolute Gasteiger partial charge is 0.274 e. The van der Waals surface area contributed by atoms with E-state index in [4.69, 9.17) is 4.42 Å². The molecule has 0 saturated heterocycles. The average Bonchev–Trinajstić information content (AvgIpc) is 3.50. The molecule has 2 aromatic carbocycles. The first-order valence-corrected chi connectivity index (χ1v) is 10.2. The third-order valence-corrected chi connectivity index (χ3v) is 5.14. The Labute approximate surface area is 180 Å². The van der Waals surface area contributed by atoms with Gasteiger partial charge < -0.3 is 9.73 Å². The molecule has 0 aliphatic carbocycles. The molecule has 2 aromatic heterocycles. The van der Waals surface area contributed by atoms with Gasteiger partial charge in [0.25, 0.3) is 5.91 Å². The van der Waals surface area contributed by atoms with E-state index in [9.17, 15) is 4.79 Å². The molecule has 7 heteroatoms. The summed E-state index contributed by atoms with van der Waals surface area (Å²) in [4.78, 5) is 13.4. The highest BCUT2D eigenvalue weighted by Gasteiger charge is 2.21. The molecule has 0 radical (unpaired) electrons. The summed E-state index contributed by atoms with van der Waals surface area (Å²) in [5.74, 6) is 0.956. The minimum atomic E-state index is -0.336. The number of anilines is 1. The van der Waals surface area contributed by atoms with Gasteiger partial charge in [-0.05, 0) is 46.5 Å². The van der Waals surface area contributed by atoms with E-state index in [1.54, 1.807) is 24.5 Å². The maximum absolute atomic E-state index is 13.4. The maximum Gasteiger partial charge on any atom is 0.274 e. The van der Waals surface area contributed by atoms with Crippen LogP contribution in [0.3, 0.4) is 0 Å². The molecule has 0 fully saturated rings. The van der Waals surface area contributed by atoms with Crippen molar-refractivity contribution in [2.75, 3.05) is 5.32 Å². The van der Waals surface area contributed by atoms with E-state index in [1.165, 1.54) is 4.68 Å². The summed E-state index contributed by atoms with van der Waals surface area (Å²) in [5.41, 5.74) is 2.89. The second-order valence-electron chi connectivity index (χ2n) is 7.18. The van der Waals surface area contributed by atoms with Gasteiger partial charge in [-0.3, -0.25) is 4.79 Å². The van der Waals surface area contributed by atoms with E-state index < -0.39 is 0 Å².